The van der Waals surface area contributed by atoms with Gasteiger partial charge in [0.2, 0.25) is 11.8 Å². The third-order valence-corrected chi connectivity index (χ3v) is 6.85. The summed E-state index contributed by atoms with van der Waals surface area (Å²) in [6.07, 6.45) is 4.37. The van der Waals surface area contributed by atoms with Crippen LogP contribution in [0.3, 0.4) is 0 Å². The van der Waals surface area contributed by atoms with Gasteiger partial charge in [0.05, 0.1) is 23.2 Å². The van der Waals surface area contributed by atoms with Gasteiger partial charge in [0.25, 0.3) is 0 Å². The van der Waals surface area contributed by atoms with Crippen LogP contribution in [0.2, 0.25) is 0 Å². The lowest BCUT2D eigenvalue weighted by molar-refractivity contribution is -0.134. The van der Waals surface area contributed by atoms with Gasteiger partial charge in [0, 0.05) is 36.1 Å². The molecule has 2 aromatic heterocycles. The van der Waals surface area contributed by atoms with Gasteiger partial charge in [-0.15, -0.1) is 11.3 Å². The number of amides is 2. The van der Waals surface area contributed by atoms with Crippen molar-refractivity contribution in [3.63, 3.8) is 0 Å². The van der Waals surface area contributed by atoms with Crippen molar-refractivity contribution in [2.75, 3.05) is 18.0 Å². The number of piperidine rings is 1. The number of carbonyl (C=O) groups is 2. The number of rotatable bonds is 5. The molecule has 0 bridgehead atoms. The number of hydrogen-bond acceptors (Lipinski definition) is 6. The highest BCUT2D eigenvalue weighted by Crippen LogP contribution is 2.34. The first-order chi connectivity index (χ1) is 14.8. The maximum absolute atomic E-state index is 13.2. The van der Waals surface area contributed by atoms with Gasteiger partial charge in [-0.25, -0.2) is 15.0 Å². The molecule has 1 fully saturated rings. The number of likely N-dealkylation sites (tertiary alicyclic amines) is 1. The molecule has 0 aromatic carbocycles. The summed E-state index contributed by atoms with van der Waals surface area (Å²) in [6.45, 7) is 9.53. The summed E-state index contributed by atoms with van der Waals surface area (Å²) in [4.78, 5) is 43.8. The van der Waals surface area contributed by atoms with E-state index in [1.165, 1.54) is 0 Å². The van der Waals surface area contributed by atoms with Crippen LogP contribution in [0.5, 0.6) is 0 Å². The molecular formula is C23H31N5O2S. The maximum Gasteiger partial charge on any atom is 0.229 e. The summed E-state index contributed by atoms with van der Waals surface area (Å²) < 4.78 is 0. The van der Waals surface area contributed by atoms with Crippen LogP contribution in [0.25, 0.3) is 0 Å². The minimum absolute atomic E-state index is 0.0732. The predicted molar refractivity (Wildman–Crippen MR) is 121 cm³/mol. The van der Waals surface area contributed by atoms with Crippen LogP contribution in [-0.2, 0) is 22.4 Å². The molecule has 4 heterocycles. The van der Waals surface area contributed by atoms with Gasteiger partial charge in [-0.3, -0.25) is 14.5 Å². The zero-order chi connectivity index (χ0) is 22.1. The van der Waals surface area contributed by atoms with Crippen LogP contribution in [0.1, 0.15) is 73.4 Å². The molecule has 2 aliphatic rings. The fourth-order valence-corrected chi connectivity index (χ4v) is 5.16. The number of hydrogen-bond donors (Lipinski definition) is 0. The highest BCUT2D eigenvalue weighted by molar-refractivity contribution is 7.09. The van der Waals surface area contributed by atoms with Gasteiger partial charge in [-0.2, -0.15) is 0 Å². The Labute approximate surface area is 187 Å². The number of thiazole rings is 1. The van der Waals surface area contributed by atoms with Crippen molar-refractivity contribution in [1.29, 1.82) is 0 Å². The zero-order valence-electron chi connectivity index (χ0n) is 18.8. The summed E-state index contributed by atoms with van der Waals surface area (Å²) in [5.74, 6) is 1.97. The Bertz CT molecular complexity index is 986. The first kappa shape index (κ1) is 21.9. The van der Waals surface area contributed by atoms with E-state index in [1.54, 1.807) is 11.3 Å². The molecule has 0 aliphatic carbocycles. The van der Waals surface area contributed by atoms with Gasteiger partial charge in [-0.05, 0) is 45.4 Å². The van der Waals surface area contributed by atoms with Crippen LogP contribution in [0.4, 0.5) is 5.82 Å². The van der Waals surface area contributed by atoms with Crippen molar-refractivity contribution in [3.05, 3.63) is 33.2 Å². The normalized spacial score (nSPS) is 19.1. The minimum atomic E-state index is -0.150. The average Bonchev–Trinajstić information content (AvgIpc) is 3.14. The smallest absolute Gasteiger partial charge is 0.229 e. The minimum Gasteiger partial charge on any atom is -0.332 e. The average molecular weight is 442 g/mol. The lowest BCUT2D eigenvalue weighted by Crippen LogP contribution is -2.42. The molecule has 166 valence electrons. The molecule has 1 unspecified atom stereocenters. The summed E-state index contributed by atoms with van der Waals surface area (Å²) in [7, 11) is 0. The standard InChI is InChI=1S/C23H31N5O2S/c1-14(2)12-28-20(29)9-8-18-15(3)24-22(26-23(18)28)19-7-5-6-10-27(19)21(30)11-17-13-31-16(4)25-17/h13-14,19H,5-12H2,1-4H3. The Morgan fingerprint density at radius 3 is 2.71 bits per heavy atom. The number of aryl methyl sites for hydroxylation is 2. The summed E-state index contributed by atoms with van der Waals surface area (Å²) in [5, 5.41) is 2.93. The molecule has 4 rings (SSSR count). The first-order valence-corrected chi connectivity index (χ1v) is 12.1. The van der Waals surface area contributed by atoms with Crippen LogP contribution in [0, 0.1) is 19.8 Å². The molecule has 31 heavy (non-hydrogen) atoms. The number of nitrogens with zero attached hydrogens (tertiary/aromatic N) is 5. The second kappa shape index (κ2) is 9.02. The maximum atomic E-state index is 13.2. The lowest BCUT2D eigenvalue weighted by Gasteiger charge is -2.36. The summed E-state index contributed by atoms with van der Waals surface area (Å²) in [6, 6.07) is -0.150. The van der Waals surface area contributed by atoms with Crippen LogP contribution >= 0.6 is 11.3 Å². The van der Waals surface area contributed by atoms with E-state index in [0.29, 0.717) is 44.1 Å². The van der Waals surface area contributed by atoms with Crippen LogP contribution in [0.15, 0.2) is 5.38 Å². The van der Waals surface area contributed by atoms with Crippen LogP contribution in [-0.4, -0.2) is 44.8 Å². The largest absolute Gasteiger partial charge is 0.332 e. The van der Waals surface area contributed by atoms with Gasteiger partial charge in [0.1, 0.15) is 5.82 Å². The fraction of sp³-hybridized carbons (Fsp3) is 0.609. The van der Waals surface area contributed by atoms with Crippen molar-refractivity contribution in [1.82, 2.24) is 19.9 Å². The van der Waals surface area contributed by atoms with Crippen molar-refractivity contribution >= 4 is 29.0 Å². The number of carbonyl (C=O) groups excluding carboxylic acids is 2. The van der Waals surface area contributed by atoms with Crippen molar-refractivity contribution in [2.24, 2.45) is 5.92 Å². The van der Waals surface area contributed by atoms with E-state index in [4.69, 9.17) is 9.97 Å². The molecule has 2 aromatic rings. The Morgan fingerprint density at radius 2 is 2.00 bits per heavy atom. The molecule has 0 radical (unpaired) electrons. The van der Waals surface area contributed by atoms with E-state index in [0.717, 1.165) is 47.0 Å². The van der Waals surface area contributed by atoms with E-state index in [-0.39, 0.29) is 17.9 Å². The second-order valence-electron chi connectivity index (χ2n) is 9.00. The van der Waals surface area contributed by atoms with Crippen molar-refractivity contribution in [2.45, 2.75) is 72.3 Å². The molecule has 0 N–H and O–H groups in total. The molecule has 2 aliphatic heterocycles. The van der Waals surface area contributed by atoms with E-state index in [9.17, 15) is 9.59 Å². The van der Waals surface area contributed by atoms with Gasteiger partial charge < -0.3 is 4.90 Å². The topological polar surface area (TPSA) is 79.3 Å². The molecule has 7 nitrogen and oxygen atoms in total. The first-order valence-electron chi connectivity index (χ1n) is 11.2. The summed E-state index contributed by atoms with van der Waals surface area (Å²) >= 11 is 1.57. The lowest BCUT2D eigenvalue weighted by atomic mass is 9.98. The molecule has 8 heteroatoms. The molecule has 0 saturated carbocycles. The Morgan fingerprint density at radius 1 is 1.19 bits per heavy atom. The van der Waals surface area contributed by atoms with Crippen molar-refractivity contribution in [3.8, 4) is 0 Å². The third-order valence-electron chi connectivity index (χ3n) is 6.02. The van der Waals surface area contributed by atoms with Crippen LogP contribution < -0.4 is 4.90 Å². The number of aromatic nitrogens is 3. The zero-order valence-corrected chi connectivity index (χ0v) is 19.7. The second-order valence-corrected chi connectivity index (χ2v) is 10.1. The van der Waals surface area contributed by atoms with Crippen molar-refractivity contribution < 1.29 is 9.59 Å². The number of fused-ring (bicyclic) bond motifs is 1. The van der Waals surface area contributed by atoms with E-state index in [1.807, 2.05) is 29.0 Å². The predicted octanol–water partition coefficient (Wildman–Crippen LogP) is 3.78. The highest BCUT2D eigenvalue weighted by Gasteiger charge is 2.34. The Hall–Kier alpha value is -2.35. The molecule has 1 atom stereocenters. The van der Waals surface area contributed by atoms with Gasteiger partial charge >= 0.3 is 0 Å². The van der Waals surface area contributed by atoms with Gasteiger partial charge in [0.15, 0.2) is 5.82 Å². The van der Waals surface area contributed by atoms with E-state index in [2.05, 4.69) is 18.8 Å². The molecule has 2 amide bonds. The summed E-state index contributed by atoms with van der Waals surface area (Å²) in [5.41, 5.74) is 2.82. The van der Waals surface area contributed by atoms with E-state index >= 15 is 0 Å². The molecule has 0 spiro atoms. The monoisotopic (exact) mass is 441 g/mol. The Balaban J connectivity index is 1.65. The quantitative estimate of drug-likeness (QED) is 0.705. The third kappa shape index (κ3) is 4.63. The SMILES string of the molecule is Cc1nc(CC(=O)N2CCCCC2c2nc(C)c3c(n2)N(CC(C)C)C(=O)CC3)cs1. The number of anilines is 1. The Kier molecular flexibility index (Phi) is 6.36. The fourth-order valence-electron chi connectivity index (χ4n) is 4.55. The molecule has 1 saturated heterocycles. The van der Waals surface area contributed by atoms with E-state index < -0.39 is 0 Å². The highest BCUT2D eigenvalue weighted by atomic mass is 32.1. The van der Waals surface area contributed by atoms with Gasteiger partial charge in [-0.1, -0.05) is 13.8 Å². The molecular weight excluding hydrogens is 410 g/mol.